The lowest BCUT2D eigenvalue weighted by molar-refractivity contribution is -0.124. The van der Waals surface area contributed by atoms with Gasteiger partial charge in [0.1, 0.15) is 11.6 Å². The van der Waals surface area contributed by atoms with Crippen molar-refractivity contribution in [3.8, 4) is 0 Å². The van der Waals surface area contributed by atoms with Gasteiger partial charge in [0.05, 0.1) is 12.0 Å². The lowest BCUT2D eigenvalue weighted by Gasteiger charge is -2.18. The predicted octanol–water partition coefficient (Wildman–Crippen LogP) is 1.42. The molecule has 26 heavy (non-hydrogen) atoms. The van der Waals surface area contributed by atoms with Crippen molar-refractivity contribution in [2.45, 2.75) is 31.6 Å². The van der Waals surface area contributed by atoms with E-state index < -0.39 is 0 Å². The van der Waals surface area contributed by atoms with Crippen LogP contribution in [0.2, 0.25) is 0 Å². The smallest absolute Gasteiger partial charge is 0.226 e. The molecular weight excluding hydrogens is 355 g/mol. The first-order valence-corrected chi connectivity index (χ1v) is 9.63. The van der Waals surface area contributed by atoms with E-state index in [0.29, 0.717) is 18.8 Å². The summed E-state index contributed by atoms with van der Waals surface area (Å²) in [6.07, 6.45) is 0. The van der Waals surface area contributed by atoms with Crippen LogP contribution in [0, 0.1) is 18.7 Å². The van der Waals surface area contributed by atoms with Crippen molar-refractivity contribution in [3.05, 3.63) is 41.5 Å². The summed E-state index contributed by atoms with van der Waals surface area (Å²) in [5.74, 6) is 0.957. The van der Waals surface area contributed by atoms with Crippen molar-refractivity contribution in [1.82, 2.24) is 30.9 Å². The molecule has 3 rings (SSSR count). The van der Waals surface area contributed by atoms with Crippen LogP contribution in [0.25, 0.3) is 0 Å². The number of aromatic nitrogens is 3. The number of hydrogen-bond acceptors (Lipinski definition) is 6. The Kier molecular flexibility index (Phi) is 6.23. The minimum absolute atomic E-state index is 0.0505. The SMILES string of the molecule is CCn1c(C)nnc1SCCNC(=O)C1CNNC1c1cccc(F)c1. The molecule has 140 valence electrons. The molecule has 0 spiro atoms. The van der Waals surface area contributed by atoms with Crippen molar-refractivity contribution in [1.29, 1.82) is 0 Å². The second-order valence-corrected chi connectivity index (χ2v) is 7.14. The Balaban J connectivity index is 1.51. The van der Waals surface area contributed by atoms with Crippen molar-refractivity contribution in [3.63, 3.8) is 0 Å². The molecule has 0 radical (unpaired) electrons. The van der Waals surface area contributed by atoms with E-state index >= 15 is 0 Å². The molecule has 1 amide bonds. The van der Waals surface area contributed by atoms with Gasteiger partial charge in [0, 0.05) is 25.4 Å². The largest absolute Gasteiger partial charge is 0.355 e. The quantitative estimate of drug-likeness (QED) is 0.499. The van der Waals surface area contributed by atoms with E-state index in [-0.39, 0.29) is 23.7 Å². The summed E-state index contributed by atoms with van der Waals surface area (Å²) < 4.78 is 15.5. The van der Waals surface area contributed by atoms with Gasteiger partial charge < -0.3 is 9.88 Å². The van der Waals surface area contributed by atoms with Gasteiger partial charge in [-0.15, -0.1) is 10.2 Å². The molecule has 0 aliphatic carbocycles. The minimum atomic E-state index is -0.304. The fourth-order valence-corrected chi connectivity index (χ4v) is 3.94. The maximum absolute atomic E-state index is 13.5. The molecule has 2 aromatic rings. The summed E-state index contributed by atoms with van der Waals surface area (Å²) in [6, 6.07) is 6.09. The molecule has 1 fully saturated rings. The van der Waals surface area contributed by atoms with E-state index in [9.17, 15) is 9.18 Å². The average molecular weight is 378 g/mol. The number of carbonyl (C=O) groups is 1. The third-order valence-electron chi connectivity index (χ3n) is 4.38. The normalized spacial score (nSPS) is 19.7. The highest BCUT2D eigenvalue weighted by Crippen LogP contribution is 2.25. The molecule has 2 heterocycles. The van der Waals surface area contributed by atoms with Crippen LogP contribution in [0.5, 0.6) is 0 Å². The third-order valence-corrected chi connectivity index (χ3v) is 5.35. The van der Waals surface area contributed by atoms with Crippen molar-refractivity contribution in [2.75, 3.05) is 18.8 Å². The Morgan fingerprint density at radius 1 is 1.46 bits per heavy atom. The number of hydrazine groups is 1. The van der Waals surface area contributed by atoms with Crippen LogP contribution in [0.1, 0.15) is 24.4 Å². The number of aryl methyl sites for hydroxylation is 1. The van der Waals surface area contributed by atoms with Crippen LogP contribution < -0.4 is 16.2 Å². The Labute approximate surface area is 156 Å². The molecule has 3 N–H and O–H groups in total. The van der Waals surface area contributed by atoms with E-state index in [4.69, 9.17) is 0 Å². The standard InChI is InChI=1S/C17H23FN6OS/c1-3-24-11(2)21-23-17(24)26-8-7-19-16(25)14-10-20-22-15(14)12-5-4-6-13(18)9-12/h4-6,9,14-15,20,22H,3,7-8,10H2,1-2H3,(H,19,25). The zero-order valence-electron chi connectivity index (χ0n) is 14.8. The minimum Gasteiger partial charge on any atom is -0.355 e. The zero-order chi connectivity index (χ0) is 18.5. The molecule has 9 heteroatoms. The van der Waals surface area contributed by atoms with Gasteiger partial charge in [-0.3, -0.25) is 10.2 Å². The summed E-state index contributed by atoms with van der Waals surface area (Å²) in [6.45, 7) is 5.83. The van der Waals surface area contributed by atoms with Crippen LogP contribution in [0.15, 0.2) is 29.4 Å². The third kappa shape index (κ3) is 4.22. The molecule has 2 unspecified atom stereocenters. The molecule has 1 aliphatic rings. The summed E-state index contributed by atoms with van der Waals surface area (Å²) in [5, 5.41) is 12.0. The van der Waals surface area contributed by atoms with Gasteiger partial charge in [0.2, 0.25) is 5.91 Å². The number of hydrogen-bond donors (Lipinski definition) is 3. The zero-order valence-corrected chi connectivity index (χ0v) is 15.6. The maximum atomic E-state index is 13.5. The van der Waals surface area contributed by atoms with Crippen LogP contribution in [-0.4, -0.2) is 39.5 Å². The molecule has 0 saturated carbocycles. The number of thioether (sulfide) groups is 1. The lowest BCUT2D eigenvalue weighted by atomic mass is 9.94. The van der Waals surface area contributed by atoms with Gasteiger partial charge in [0.25, 0.3) is 0 Å². The van der Waals surface area contributed by atoms with E-state index in [2.05, 4.69) is 33.3 Å². The fourth-order valence-electron chi connectivity index (χ4n) is 3.04. The van der Waals surface area contributed by atoms with Gasteiger partial charge in [-0.25, -0.2) is 9.82 Å². The maximum Gasteiger partial charge on any atom is 0.226 e. The molecule has 1 saturated heterocycles. The van der Waals surface area contributed by atoms with Crippen LogP contribution >= 0.6 is 11.8 Å². The topological polar surface area (TPSA) is 83.9 Å². The molecule has 1 aromatic carbocycles. The van der Waals surface area contributed by atoms with Gasteiger partial charge in [0.15, 0.2) is 5.16 Å². The molecule has 1 aromatic heterocycles. The monoisotopic (exact) mass is 378 g/mol. The summed E-state index contributed by atoms with van der Waals surface area (Å²) in [4.78, 5) is 12.5. The van der Waals surface area contributed by atoms with Gasteiger partial charge in [-0.1, -0.05) is 23.9 Å². The summed E-state index contributed by atoms with van der Waals surface area (Å²) >= 11 is 1.57. The fraction of sp³-hybridized carbons (Fsp3) is 0.471. The number of carbonyl (C=O) groups excluding carboxylic acids is 1. The van der Waals surface area contributed by atoms with E-state index in [1.165, 1.54) is 12.1 Å². The number of amides is 1. The Hall–Kier alpha value is -1.97. The molecule has 2 atom stereocenters. The Bertz CT molecular complexity index is 767. The number of benzene rings is 1. The van der Waals surface area contributed by atoms with Crippen molar-refractivity contribution in [2.24, 2.45) is 5.92 Å². The first-order chi connectivity index (χ1) is 12.6. The molecule has 1 aliphatic heterocycles. The van der Waals surface area contributed by atoms with E-state index in [1.807, 2.05) is 17.6 Å². The summed E-state index contributed by atoms with van der Waals surface area (Å²) in [7, 11) is 0. The highest BCUT2D eigenvalue weighted by atomic mass is 32.2. The second kappa shape index (κ2) is 8.61. The van der Waals surface area contributed by atoms with Crippen LogP contribution in [0.4, 0.5) is 4.39 Å². The Morgan fingerprint density at radius 2 is 2.31 bits per heavy atom. The molecule has 7 nitrogen and oxygen atoms in total. The average Bonchev–Trinajstić information content (AvgIpc) is 3.25. The Morgan fingerprint density at radius 3 is 3.08 bits per heavy atom. The second-order valence-electron chi connectivity index (χ2n) is 6.08. The van der Waals surface area contributed by atoms with Crippen LogP contribution in [-0.2, 0) is 11.3 Å². The lowest BCUT2D eigenvalue weighted by Crippen LogP contribution is -2.36. The van der Waals surface area contributed by atoms with Gasteiger partial charge >= 0.3 is 0 Å². The molecular formula is C17H23FN6OS. The highest BCUT2D eigenvalue weighted by Gasteiger charge is 2.33. The van der Waals surface area contributed by atoms with Crippen molar-refractivity contribution >= 4 is 17.7 Å². The number of halogens is 1. The number of rotatable bonds is 7. The predicted molar refractivity (Wildman–Crippen MR) is 97.9 cm³/mol. The van der Waals surface area contributed by atoms with Crippen molar-refractivity contribution < 1.29 is 9.18 Å². The summed E-state index contributed by atoms with van der Waals surface area (Å²) in [5.41, 5.74) is 6.82. The van der Waals surface area contributed by atoms with Gasteiger partial charge in [-0.05, 0) is 31.5 Å². The highest BCUT2D eigenvalue weighted by molar-refractivity contribution is 7.99. The first kappa shape index (κ1) is 18.8. The van der Waals surface area contributed by atoms with Gasteiger partial charge in [-0.2, -0.15) is 0 Å². The molecule has 0 bridgehead atoms. The van der Waals surface area contributed by atoms with E-state index in [1.54, 1.807) is 17.8 Å². The van der Waals surface area contributed by atoms with Crippen LogP contribution in [0.3, 0.4) is 0 Å². The van der Waals surface area contributed by atoms with E-state index in [0.717, 1.165) is 23.1 Å². The first-order valence-electron chi connectivity index (χ1n) is 8.64. The number of nitrogens with one attached hydrogen (secondary N) is 3. The number of nitrogens with zero attached hydrogens (tertiary/aromatic N) is 3.